The van der Waals surface area contributed by atoms with Gasteiger partial charge in [-0.2, -0.15) is 0 Å². The zero-order valence-corrected chi connectivity index (χ0v) is 15.6. The molecule has 0 radical (unpaired) electrons. The quantitative estimate of drug-likeness (QED) is 0.635. The second-order valence-corrected chi connectivity index (χ2v) is 7.33. The molecule has 0 spiro atoms. The number of anilines is 1. The van der Waals surface area contributed by atoms with Gasteiger partial charge in [0.1, 0.15) is 10.8 Å². The predicted molar refractivity (Wildman–Crippen MR) is 101 cm³/mol. The molecule has 126 valence electrons. The monoisotopic (exact) mass is 332 g/mol. The average molecular weight is 333 g/mol. The molecule has 2 heterocycles. The molecule has 1 unspecified atom stereocenters. The topological polar surface area (TPSA) is 23.6 Å². The van der Waals surface area contributed by atoms with E-state index in [-0.39, 0.29) is 0 Å². The van der Waals surface area contributed by atoms with Gasteiger partial charge in [-0.25, -0.2) is 0 Å². The summed E-state index contributed by atoms with van der Waals surface area (Å²) in [6.45, 7) is 19.0. The van der Waals surface area contributed by atoms with E-state index in [1.807, 2.05) is 6.92 Å². The molecule has 1 aliphatic rings. The third-order valence-corrected chi connectivity index (χ3v) is 6.09. The summed E-state index contributed by atoms with van der Waals surface area (Å²) in [5.41, 5.74) is 3.13. The summed E-state index contributed by atoms with van der Waals surface area (Å²) in [6.07, 6.45) is 4.53. The summed E-state index contributed by atoms with van der Waals surface area (Å²) in [6, 6.07) is 0. The van der Waals surface area contributed by atoms with Crippen LogP contribution in [-0.2, 0) is 0 Å². The molecule has 0 fully saturated rings. The van der Waals surface area contributed by atoms with Gasteiger partial charge in [0.25, 0.3) is 0 Å². The van der Waals surface area contributed by atoms with Crippen molar-refractivity contribution < 1.29 is 4.79 Å². The van der Waals surface area contributed by atoms with E-state index in [1.54, 1.807) is 11.3 Å². The van der Waals surface area contributed by atoms with Crippen molar-refractivity contribution in [3.05, 3.63) is 35.0 Å². The molecule has 0 saturated carbocycles. The smallest absolute Gasteiger partial charge is 0.160 e. The van der Waals surface area contributed by atoms with E-state index in [1.165, 1.54) is 12.8 Å². The van der Waals surface area contributed by atoms with E-state index < -0.39 is 0 Å². The van der Waals surface area contributed by atoms with Crippen LogP contribution in [0.3, 0.4) is 0 Å². The van der Waals surface area contributed by atoms with Crippen molar-refractivity contribution >= 4 is 28.3 Å². The SMILES string of the molecule is C=C1c2c(sc(C=O)c2C)N(CCCC(C)CC)C(=C)N1CC. The van der Waals surface area contributed by atoms with Crippen LogP contribution in [0.15, 0.2) is 19.0 Å². The zero-order chi connectivity index (χ0) is 17.1. The lowest BCUT2D eigenvalue weighted by Crippen LogP contribution is -2.38. The maximum atomic E-state index is 11.4. The number of rotatable bonds is 7. The van der Waals surface area contributed by atoms with E-state index >= 15 is 0 Å². The number of fused-ring (bicyclic) bond motifs is 1. The Morgan fingerprint density at radius 2 is 1.96 bits per heavy atom. The molecule has 0 saturated heterocycles. The molecular formula is C19H28N2OS. The number of carbonyl (C=O) groups excluding carboxylic acids is 1. The minimum atomic E-state index is 0.750. The Morgan fingerprint density at radius 3 is 2.52 bits per heavy atom. The average Bonchev–Trinajstić information content (AvgIpc) is 2.87. The molecule has 1 aromatic rings. The van der Waals surface area contributed by atoms with Crippen molar-refractivity contribution in [2.75, 3.05) is 18.0 Å². The van der Waals surface area contributed by atoms with Crippen molar-refractivity contribution in [3.8, 4) is 0 Å². The summed E-state index contributed by atoms with van der Waals surface area (Å²) < 4.78 is 0. The Bertz CT molecular complexity index is 617. The maximum Gasteiger partial charge on any atom is 0.160 e. The fourth-order valence-electron chi connectivity index (χ4n) is 3.12. The minimum Gasteiger partial charge on any atom is -0.328 e. The first-order valence-corrected chi connectivity index (χ1v) is 9.29. The Balaban J connectivity index is 2.34. The van der Waals surface area contributed by atoms with Crippen LogP contribution in [-0.4, -0.2) is 24.3 Å². The highest BCUT2D eigenvalue weighted by Crippen LogP contribution is 2.46. The summed E-state index contributed by atoms with van der Waals surface area (Å²) in [4.78, 5) is 16.6. The van der Waals surface area contributed by atoms with Gasteiger partial charge in [-0.05, 0) is 38.2 Å². The molecule has 0 N–H and O–H groups in total. The first-order chi connectivity index (χ1) is 11.0. The van der Waals surface area contributed by atoms with Gasteiger partial charge >= 0.3 is 0 Å². The van der Waals surface area contributed by atoms with Crippen LogP contribution < -0.4 is 4.90 Å². The van der Waals surface area contributed by atoms with Crippen molar-refractivity contribution in [1.82, 2.24) is 4.90 Å². The summed E-state index contributed by atoms with van der Waals surface area (Å²) in [5.74, 6) is 1.73. The van der Waals surface area contributed by atoms with Gasteiger partial charge < -0.3 is 9.80 Å². The fraction of sp³-hybridized carbons (Fsp3) is 0.526. The standard InChI is InChI=1S/C19H28N2OS/c1-7-13(3)10-9-11-21-16(6)20(8-2)15(5)18-14(4)17(12-22)23-19(18)21/h12-13H,5-11H2,1-4H3. The lowest BCUT2D eigenvalue weighted by Gasteiger charge is -2.40. The van der Waals surface area contributed by atoms with Gasteiger partial charge in [0.2, 0.25) is 0 Å². The molecule has 4 heteroatoms. The lowest BCUT2D eigenvalue weighted by molar-refractivity contribution is 0.112. The molecule has 0 amide bonds. The Labute approximate surface area is 144 Å². The fourth-order valence-corrected chi connectivity index (χ4v) is 4.31. The van der Waals surface area contributed by atoms with E-state index in [0.717, 1.165) is 64.2 Å². The number of aldehydes is 1. The van der Waals surface area contributed by atoms with Crippen LogP contribution in [0.5, 0.6) is 0 Å². The highest BCUT2D eigenvalue weighted by molar-refractivity contribution is 7.18. The number of hydrogen-bond donors (Lipinski definition) is 0. The third kappa shape index (κ3) is 3.23. The molecule has 23 heavy (non-hydrogen) atoms. The maximum absolute atomic E-state index is 11.4. The second-order valence-electron chi connectivity index (χ2n) is 6.30. The summed E-state index contributed by atoms with van der Waals surface area (Å²) >= 11 is 1.56. The number of carbonyl (C=O) groups is 1. The molecule has 1 atom stereocenters. The number of nitrogens with zero attached hydrogens (tertiary/aromatic N) is 2. The highest BCUT2D eigenvalue weighted by Gasteiger charge is 2.32. The molecule has 0 aromatic carbocycles. The van der Waals surface area contributed by atoms with Crippen molar-refractivity contribution in [2.24, 2.45) is 5.92 Å². The van der Waals surface area contributed by atoms with Gasteiger partial charge in [0.05, 0.1) is 4.88 Å². The van der Waals surface area contributed by atoms with Gasteiger partial charge in [-0.1, -0.05) is 33.4 Å². The van der Waals surface area contributed by atoms with Crippen LogP contribution in [0, 0.1) is 12.8 Å². The van der Waals surface area contributed by atoms with Crippen LogP contribution in [0.2, 0.25) is 0 Å². The van der Waals surface area contributed by atoms with E-state index in [4.69, 9.17) is 0 Å². The van der Waals surface area contributed by atoms with Crippen molar-refractivity contribution in [2.45, 2.75) is 47.0 Å². The Kier molecular flexibility index (Phi) is 5.69. The highest BCUT2D eigenvalue weighted by atomic mass is 32.1. The van der Waals surface area contributed by atoms with Crippen molar-refractivity contribution in [3.63, 3.8) is 0 Å². The van der Waals surface area contributed by atoms with E-state index in [2.05, 4.69) is 43.7 Å². The normalized spacial score (nSPS) is 15.8. The van der Waals surface area contributed by atoms with Gasteiger partial charge in [0, 0.05) is 24.4 Å². The Hall–Kier alpha value is -1.55. The van der Waals surface area contributed by atoms with Gasteiger partial charge in [0.15, 0.2) is 6.29 Å². The van der Waals surface area contributed by atoms with Crippen LogP contribution in [0.1, 0.15) is 60.8 Å². The second kappa shape index (κ2) is 7.35. The first kappa shape index (κ1) is 17.8. The van der Waals surface area contributed by atoms with Crippen LogP contribution in [0.25, 0.3) is 5.70 Å². The zero-order valence-electron chi connectivity index (χ0n) is 14.8. The summed E-state index contributed by atoms with van der Waals surface area (Å²) in [5, 5.41) is 1.13. The van der Waals surface area contributed by atoms with E-state index in [9.17, 15) is 4.79 Å². The molecular weight excluding hydrogens is 304 g/mol. The first-order valence-electron chi connectivity index (χ1n) is 8.47. The van der Waals surface area contributed by atoms with Crippen LogP contribution >= 0.6 is 11.3 Å². The number of thiophene rings is 1. The number of hydrogen-bond acceptors (Lipinski definition) is 4. The van der Waals surface area contributed by atoms with Crippen molar-refractivity contribution in [1.29, 1.82) is 0 Å². The molecule has 0 aliphatic carbocycles. The molecule has 1 aliphatic heterocycles. The van der Waals surface area contributed by atoms with E-state index in [0.29, 0.717) is 0 Å². The minimum absolute atomic E-state index is 0.750. The molecule has 3 nitrogen and oxygen atoms in total. The molecule has 2 rings (SSSR count). The third-order valence-electron chi connectivity index (χ3n) is 4.85. The Morgan fingerprint density at radius 1 is 1.26 bits per heavy atom. The van der Waals surface area contributed by atoms with Crippen LogP contribution in [0.4, 0.5) is 5.00 Å². The van der Waals surface area contributed by atoms with Gasteiger partial charge in [-0.3, -0.25) is 4.79 Å². The molecule has 0 bridgehead atoms. The predicted octanol–water partition coefficient (Wildman–Crippen LogP) is 5.28. The largest absolute Gasteiger partial charge is 0.328 e. The molecule has 1 aromatic heterocycles. The lowest BCUT2D eigenvalue weighted by atomic mass is 10.0. The van der Waals surface area contributed by atoms with Gasteiger partial charge in [-0.15, -0.1) is 11.3 Å². The summed E-state index contributed by atoms with van der Waals surface area (Å²) in [7, 11) is 0.